The summed E-state index contributed by atoms with van der Waals surface area (Å²) in [4.78, 5) is 18.2. The van der Waals surface area contributed by atoms with Gasteiger partial charge in [0, 0.05) is 28.2 Å². The molecule has 7 rings (SSSR count). The molecule has 0 saturated heterocycles. The first-order chi connectivity index (χ1) is 23.1. The van der Waals surface area contributed by atoms with E-state index in [0.717, 1.165) is 55.0 Å². The molecule has 1 aliphatic heterocycles. The predicted octanol–water partition coefficient (Wildman–Crippen LogP) is 8.84. The number of hydrogen-bond acceptors (Lipinski definition) is 7. The number of aromatic nitrogens is 1. The number of carbonyl (C=O) groups excluding carboxylic acids is 1. The van der Waals surface area contributed by atoms with Crippen LogP contribution < -0.4 is 19.5 Å². The Labute approximate surface area is 290 Å². The second-order valence-corrected chi connectivity index (χ2v) is 15.4. The number of hydrogen-bond donors (Lipinski definition) is 1. The van der Waals surface area contributed by atoms with Crippen molar-refractivity contribution in [3.05, 3.63) is 76.1 Å². The van der Waals surface area contributed by atoms with Crippen LogP contribution in [-0.4, -0.2) is 42.4 Å². The highest BCUT2D eigenvalue weighted by Gasteiger charge is 2.55. The summed E-state index contributed by atoms with van der Waals surface area (Å²) in [6, 6.07) is 14.1. The number of aryl methyl sites for hydroxylation is 1. The minimum absolute atomic E-state index is 0.00607. The van der Waals surface area contributed by atoms with Crippen molar-refractivity contribution in [2.24, 2.45) is 11.8 Å². The van der Waals surface area contributed by atoms with E-state index in [1.165, 1.54) is 42.3 Å². The number of methoxy groups -OCH3 is 1. The molecular weight excluding hydrogens is 624 g/mol. The third kappa shape index (κ3) is 6.01. The number of halogens is 1. The fourth-order valence-electron chi connectivity index (χ4n) is 9.07. The molecule has 1 aromatic heterocycles. The first-order valence-electron chi connectivity index (χ1n) is 17.8. The molecule has 48 heavy (non-hydrogen) atoms. The van der Waals surface area contributed by atoms with Crippen LogP contribution >= 0.6 is 11.6 Å². The highest BCUT2D eigenvalue weighted by molar-refractivity contribution is 6.30. The van der Waals surface area contributed by atoms with Gasteiger partial charge in [-0.1, -0.05) is 31.5 Å². The standard InChI is InChI=1S/C40H49ClN2O5/c1-24(23-46-34-12-17-42-33-11-6-8-25(2)37(33)34)18-29-19-28-20-35-36(48-27(4)26(3)47-35)22-32(28)39(29)13-15-40(16-14-39,38(44)45-5)43-31-10-7-9-30(41)21-31/h7,9-10,12,17,20-22,24-27,29,43H,6,8,11,13-16,18-19,23H2,1-5H3/t24-,25-,26-,27-,29+,39?,40?/m1/s1. The van der Waals surface area contributed by atoms with Gasteiger partial charge in [-0.3, -0.25) is 4.98 Å². The first-order valence-corrected chi connectivity index (χ1v) is 18.2. The molecule has 0 bridgehead atoms. The van der Waals surface area contributed by atoms with Gasteiger partial charge in [0.1, 0.15) is 23.5 Å². The summed E-state index contributed by atoms with van der Waals surface area (Å²) in [5, 5.41) is 4.20. The largest absolute Gasteiger partial charge is 0.493 e. The van der Waals surface area contributed by atoms with Gasteiger partial charge in [0.05, 0.1) is 13.7 Å². The van der Waals surface area contributed by atoms with Crippen molar-refractivity contribution < 1.29 is 23.7 Å². The second kappa shape index (κ2) is 13.1. The smallest absolute Gasteiger partial charge is 0.331 e. The highest BCUT2D eigenvalue weighted by Crippen LogP contribution is 2.58. The molecule has 2 aromatic carbocycles. The molecule has 1 spiro atoms. The molecule has 0 amide bonds. The number of rotatable bonds is 8. The van der Waals surface area contributed by atoms with Crippen molar-refractivity contribution in [2.75, 3.05) is 19.0 Å². The number of anilines is 1. The average molecular weight is 673 g/mol. The summed E-state index contributed by atoms with van der Waals surface area (Å²) in [6.45, 7) is 9.40. The van der Waals surface area contributed by atoms with Crippen LogP contribution in [0.5, 0.6) is 17.2 Å². The number of benzene rings is 2. The van der Waals surface area contributed by atoms with E-state index in [0.29, 0.717) is 42.2 Å². The number of carbonyl (C=O) groups is 1. The zero-order chi connectivity index (χ0) is 33.6. The molecule has 4 aliphatic rings. The van der Waals surface area contributed by atoms with Gasteiger partial charge in [0.2, 0.25) is 0 Å². The summed E-state index contributed by atoms with van der Waals surface area (Å²) in [6.07, 6.45) is 10.3. The van der Waals surface area contributed by atoms with Gasteiger partial charge in [0.25, 0.3) is 0 Å². The Kier molecular flexibility index (Phi) is 9.03. The van der Waals surface area contributed by atoms with Gasteiger partial charge in [-0.2, -0.15) is 0 Å². The van der Waals surface area contributed by atoms with Crippen LogP contribution in [0.15, 0.2) is 48.7 Å². The van der Waals surface area contributed by atoms with Crippen LogP contribution in [0.1, 0.15) is 101 Å². The van der Waals surface area contributed by atoms with Crippen LogP contribution in [-0.2, 0) is 27.8 Å². The van der Waals surface area contributed by atoms with Gasteiger partial charge in [0.15, 0.2) is 11.5 Å². The second-order valence-electron chi connectivity index (χ2n) is 15.0. The minimum atomic E-state index is -0.832. The van der Waals surface area contributed by atoms with Crippen LogP contribution in [0.25, 0.3) is 0 Å². The normalized spacial score (nSPS) is 29.5. The number of nitrogens with zero attached hydrogens (tertiary/aromatic N) is 1. The molecule has 8 heteroatoms. The molecule has 256 valence electrons. The summed E-state index contributed by atoms with van der Waals surface area (Å²) < 4.78 is 24.8. The molecule has 1 saturated carbocycles. The van der Waals surface area contributed by atoms with Gasteiger partial charge in [-0.15, -0.1) is 0 Å². The van der Waals surface area contributed by atoms with E-state index >= 15 is 0 Å². The van der Waals surface area contributed by atoms with E-state index in [2.05, 4.69) is 50.1 Å². The Morgan fingerprint density at radius 1 is 1.06 bits per heavy atom. The lowest BCUT2D eigenvalue weighted by atomic mass is 9.59. The number of ether oxygens (including phenoxy) is 4. The molecule has 3 aliphatic carbocycles. The maximum atomic E-state index is 13.5. The van der Waals surface area contributed by atoms with E-state index in [4.69, 9.17) is 30.5 Å². The summed E-state index contributed by atoms with van der Waals surface area (Å²) in [7, 11) is 1.48. The Hall–Kier alpha value is -3.45. The SMILES string of the molecule is COC(=O)C1(Nc2cccc(Cl)c2)CCC2(CC1)c1cc3c(cc1C[C@@H]2C[C@@H](C)COc1ccnc2c1[C@H](C)CCC2)O[C@H](C)[C@@H](C)O3. The van der Waals surface area contributed by atoms with Gasteiger partial charge < -0.3 is 24.3 Å². The van der Waals surface area contributed by atoms with Crippen molar-refractivity contribution in [3.8, 4) is 17.2 Å². The summed E-state index contributed by atoms with van der Waals surface area (Å²) in [5.41, 5.74) is 5.07. The van der Waals surface area contributed by atoms with Crippen LogP contribution in [0.3, 0.4) is 0 Å². The molecular formula is C40H49ClN2O5. The van der Waals surface area contributed by atoms with Crippen LogP contribution in [0.2, 0.25) is 5.02 Å². The zero-order valence-corrected chi connectivity index (χ0v) is 29.7. The highest BCUT2D eigenvalue weighted by atomic mass is 35.5. The number of pyridine rings is 1. The Morgan fingerprint density at radius 3 is 2.54 bits per heavy atom. The van der Waals surface area contributed by atoms with Crippen molar-refractivity contribution in [1.82, 2.24) is 4.98 Å². The van der Waals surface area contributed by atoms with E-state index in [1.54, 1.807) is 0 Å². The molecule has 3 aromatic rings. The third-order valence-corrected chi connectivity index (χ3v) is 12.0. The Balaban J connectivity index is 1.16. The maximum Gasteiger partial charge on any atom is 0.331 e. The number of esters is 1. The topological polar surface area (TPSA) is 78.9 Å². The molecule has 2 heterocycles. The minimum Gasteiger partial charge on any atom is -0.493 e. The van der Waals surface area contributed by atoms with E-state index < -0.39 is 5.54 Å². The van der Waals surface area contributed by atoms with Gasteiger partial charge in [-0.25, -0.2) is 4.79 Å². The lowest BCUT2D eigenvalue weighted by Gasteiger charge is -2.48. The van der Waals surface area contributed by atoms with E-state index in [9.17, 15) is 4.79 Å². The molecule has 1 fully saturated rings. The molecule has 1 N–H and O–H groups in total. The zero-order valence-electron chi connectivity index (χ0n) is 28.9. The third-order valence-electron chi connectivity index (χ3n) is 11.8. The van der Waals surface area contributed by atoms with E-state index in [1.807, 2.05) is 36.5 Å². The number of nitrogens with one attached hydrogen (secondary N) is 1. The van der Waals surface area contributed by atoms with Crippen LogP contribution in [0, 0.1) is 11.8 Å². The lowest BCUT2D eigenvalue weighted by molar-refractivity contribution is -0.148. The molecule has 5 atom stereocenters. The fourth-order valence-corrected chi connectivity index (χ4v) is 9.26. The predicted molar refractivity (Wildman–Crippen MR) is 189 cm³/mol. The van der Waals surface area contributed by atoms with Crippen molar-refractivity contribution in [2.45, 2.75) is 115 Å². The van der Waals surface area contributed by atoms with Gasteiger partial charge in [-0.05, 0) is 142 Å². The quantitative estimate of drug-likeness (QED) is 0.240. The maximum absolute atomic E-state index is 13.5. The first kappa shape index (κ1) is 33.1. The number of fused-ring (bicyclic) bond motifs is 4. The van der Waals surface area contributed by atoms with Crippen molar-refractivity contribution in [1.29, 1.82) is 0 Å². The molecule has 7 nitrogen and oxygen atoms in total. The molecule has 0 unspecified atom stereocenters. The summed E-state index contributed by atoms with van der Waals surface area (Å²) in [5.74, 6) is 3.63. The van der Waals surface area contributed by atoms with E-state index in [-0.39, 0.29) is 23.6 Å². The summed E-state index contributed by atoms with van der Waals surface area (Å²) >= 11 is 6.34. The van der Waals surface area contributed by atoms with Crippen molar-refractivity contribution in [3.63, 3.8) is 0 Å². The fraction of sp³-hybridized carbons (Fsp3) is 0.550. The Bertz CT molecular complexity index is 1670. The van der Waals surface area contributed by atoms with Gasteiger partial charge >= 0.3 is 5.97 Å². The monoisotopic (exact) mass is 672 g/mol. The Morgan fingerprint density at radius 2 is 1.81 bits per heavy atom. The molecule has 0 radical (unpaired) electrons. The average Bonchev–Trinajstić information content (AvgIpc) is 3.34. The van der Waals surface area contributed by atoms with Crippen LogP contribution in [0.4, 0.5) is 5.69 Å². The lowest BCUT2D eigenvalue weighted by Crippen LogP contribution is -2.53. The van der Waals surface area contributed by atoms with Crippen molar-refractivity contribution >= 4 is 23.3 Å².